The molecule has 1 aromatic heterocycles. The van der Waals surface area contributed by atoms with Crippen LogP contribution in [0.4, 0.5) is 4.39 Å². The van der Waals surface area contributed by atoms with Crippen molar-refractivity contribution in [3.8, 4) is 0 Å². The number of halogens is 2. The van der Waals surface area contributed by atoms with Crippen molar-refractivity contribution in [1.82, 2.24) is 15.2 Å². The molecule has 2 heterocycles. The van der Waals surface area contributed by atoms with Gasteiger partial charge in [0.25, 0.3) is 0 Å². The molecular weight excluding hydrogens is 539 g/mol. The van der Waals surface area contributed by atoms with Crippen molar-refractivity contribution in [2.75, 3.05) is 26.2 Å². The quantitative estimate of drug-likeness (QED) is 0.430. The summed E-state index contributed by atoms with van der Waals surface area (Å²) in [6, 6.07) is 3.40. The highest BCUT2D eigenvalue weighted by molar-refractivity contribution is 9.10. The number of esters is 2. The molecule has 1 aromatic carbocycles. The number of nitrogens with zero attached hydrogens (tertiary/aromatic N) is 3. The predicted molar refractivity (Wildman–Crippen MR) is 136 cm³/mol. The lowest BCUT2D eigenvalue weighted by atomic mass is 9.95. The molecule has 0 saturated heterocycles. The third-order valence-electron chi connectivity index (χ3n) is 5.42. The van der Waals surface area contributed by atoms with Crippen LogP contribution < -0.4 is 5.32 Å². The van der Waals surface area contributed by atoms with E-state index in [0.717, 1.165) is 13.1 Å². The van der Waals surface area contributed by atoms with Crippen LogP contribution in [0.25, 0.3) is 0 Å². The predicted octanol–water partition coefficient (Wildman–Crippen LogP) is 4.23. The number of ether oxygens (including phenoxy) is 2. The van der Waals surface area contributed by atoms with Gasteiger partial charge in [0.2, 0.25) is 0 Å². The number of amidine groups is 1. The Morgan fingerprint density at radius 2 is 2.03 bits per heavy atom. The van der Waals surface area contributed by atoms with E-state index in [-0.39, 0.29) is 12.2 Å². The number of aliphatic imine (C=N–C) groups is 1. The molecule has 0 saturated carbocycles. The maximum absolute atomic E-state index is 13.9. The molecule has 3 rings (SSSR count). The summed E-state index contributed by atoms with van der Waals surface area (Å²) in [7, 11) is 0. The normalized spacial score (nSPS) is 16.5. The zero-order valence-electron chi connectivity index (χ0n) is 20.0. The van der Waals surface area contributed by atoms with E-state index in [1.807, 2.05) is 19.2 Å². The Morgan fingerprint density at radius 3 is 2.63 bits per heavy atom. The molecule has 0 spiro atoms. The summed E-state index contributed by atoms with van der Waals surface area (Å²) in [4.78, 5) is 36.9. The second kappa shape index (κ2) is 12.4. The van der Waals surface area contributed by atoms with E-state index in [0.29, 0.717) is 33.1 Å². The van der Waals surface area contributed by atoms with Crippen molar-refractivity contribution in [2.24, 2.45) is 4.99 Å². The SMILES string of the molecule is CCOC(=O)[C@@H](C)OC(=O)C1=C(CN(CC)CC)NC(c2nccs2)=N[C@H]1c1ccc(F)cc1Br. The standard InChI is InChI=1S/C24H28BrFN4O4S/c1-5-30(6-2)13-18-19(24(32)34-14(4)23(31)33-7-3)20(16-9-8-15(26)12-17(16)25)29-21(28-18)22-27-10-11-35-22/h8-12,14,20H,5-7,13H2,1-4H3,(H,28,29)/t14-,20+/m1/s1. The average molecular weight is 567 g/mol. The number of thiazole rings is 1. The van der Waals surface area contributed by atoms with E-state index in [1.54, 1.807) is 19.2 Å². The van der Waals surface area contributed by atoms with Crippen molar-refractivity contribution in [3.63, 3.8) is 0 Å². The van der Waals surface area contributed by atoms with Crippen molar-refractivity contribution >= 4 is 45.0 Å². The minimum absolute atomic E-state index is 0.171. The average Bonchev–Trinajstić information content (AvgIpc) is 3.37. The molecule has 8 nitrogen and oxygen atoms in total. The molecular formula is C24H28BrFN4O4S. The number of nitrogens with one attached hydrogen (secondary N) is 1. The highest BCUT2D eigenvalue weighted by atomic mass is 79.9. The van der Waals surface area contributed by atoms with Gasteiger partial charge in [-0.1, -0.05) is 35.8 Å². The minimum atomic E-state index is -1.11. The fraction of sp³-hybridized carbons (Fsp3) is 0.417. The van der Waals surface area contributed by atoms with Crippen LogP contribution in [0.2, 0.25) is 0 Å². The third-order valence-corrected chi connectivity index (χ3v) is 6.88. The molecule has 0 unspecified atom stereocenters. The molecule has 1 aliphatic heterocycles. The van der Waals surface area contributed by atoms with Gasteiger partial charge in [0.05, 0.1) is 12.2 Å². The van der Waals surface area contributed by atoms with Gasteiger partial charge >= 0.3 is 11.9 Å². The fourth-order valence-electron chi connectivity index (χ4n) is 3.56. The Balaban J connectivity index is 2.13. The molecule has 2 atom stereocenters. The minimum Gasteiger partial charge on any atom is -0.463 e. The summed E-state index contributed by atoms with van der Waals surface area (Å²) in [5.74, 6) is -1.27. The topological polar surface area (TPSA) is 93.1 Å². The fourth-order valence-corrected chi connectivity index (χ4v) is 4.72. The zero-order chi connectivity index (χ0) is 25.5. The monoisotopic (exact) mass is 566 g/mol. The van der Waals surface area contributed by atoms with Crippen LogP contribution in [-0.4, -0.2) is 60.0 Å². The lowest BCUT2D eigenvalue weighted by molar-refractivity contribution is -0.164. The summed E-state index contributed by atoms with van der Waals surface area (Å²) < 4.78 is 24.9. The largest absolute Gasteiger partial charge is 0.463 e. The number of likely N-dealkylation sites (N-methyl/N-ethyl adjacent to an activating group) is 1. The molecule has 0 radical (unpaired) electrons. The van der Waals surface area contributed by atoms with Crippen LogP contribution in [0.3, 0.4) is 0 Å². The first-order valence-electron chi connectivity index (χ1n) is 11.3. The summed E-state index contributed by atoms with van der Waals surface area (Å²) in [6.07, 6.45) is 0.567. The van der Waals surface area contributed by atoms with Gasteiger partial charge in [0, 0.05) is 28.3 Å². The third kappa shape index (κ3) is 6.53. The van der Waals surface area contributed by atoms with Crippen LogP contribution >= 0.6 is 27.3 Å². The second-order valence-electron chi connectivity index (χ2n) is 7.66. The van der Waals surface area contributed by atoms with Gasteiger partial charge in [0.15, 0.2) is 16.9 Å². The van der Waals surface area contributed by atoms with E-state index >= 15 is 0 Å². The zero-order valence-corrected chi connectivity index (χ0v) is 22.4. The van der Waals surface area contributed by atoms with Gasteiger partial charge in [-0.2, -0.15) is 0 Å². The first-order chi connectivity index (χ1) is 16.8. The molecule has 11 heteroatoms. The second-order valence-corrected chi connectivity index (χ2v) is 9.41. The van der Waals surface area contributed by atoms with E-state index in [4.69, 9.17) is 14.5 Å². The Kier molecular flexibility index (Phi) is 9.53. The molecule has 1 N–H and O–H groups in total. The van der Waals surface area contributed by atoms with E-state index < -0.39 is 29.9 Å². The van der Waals surface area contributed by atoms with Crippen molar-refractivity contribution < 1.29 is 23.5 Å². The number of rotatable bonds is 10. The van der Waals surface area contributed by atoms with Gasteiger partial charge in [-0.05, 0) is 44.6 Å². The Hall–Kier alpha value is -2.63. The first kappa shape index (κ1) is 27.0. The number of carbonyl (C=O) groups is 2. The molecule has 2 aromatic rings. The number of carbonyl (C=O) groups excluding carboxylic acids is 2. The van der Waals surface area contributed by atoms with E-state index in [1.165, 1.54) is 30.4 Å². The maximum Gasteiger partial charge on any atom is 0.347 e. The van der Waals surface area contributed by atoms with Crippen LogP contribution in [-0.2, 0) is 19.1 Å². The van der Waals surface area contributed by atoms with Crippen LogP contribution in [0.5, 0.6) is 0 Å². The molecule has 0 amide bonds. The Morgan fingerprint density at radius 1 is 1.29 bits per heavy atom. The lowest BCUT2D eigenvalue weighted by Crippen LogP contribution is -2.40. The smallest absolute Gasteiger partial charge is 0.347 e. The van der Waals surface area contributed by atoms with Crippen molar-refractivity contribution in [2.45, 2.75) is 39.8 Å². The number of aromatic nitrogens is 1. The highest BCUT2D eigenvalue weighted by Crippen LogP contribution is 2.37. The number of hydrogen-bond acceptors (Lipinski definition) is 9. The highest BCUT2D eigenvalue weighted by Gasteiger charge is 2.36. The number of benzene rings is 1. The Labute approximate surface area is 216 Å². The van der Waals surface area contributed by atoms with Gasteiger partial charge in [0.1, 0.15) is 11.9 Å². The van der Waals surface area contributed by atoms with Crippen LogP contribution in [0, 0.1) is 5.82 Å². The van der Waals surface area contributed by atoms with Crippen LogP contribution in [0.1, 0.15) is 44.3 Å². The molecule has 35 heavy (non-hydrogen) atoms. The molecule has 188 valence electrons. The Bertz CT molecular complexity index is 1120. The molecule has 1 aliphatic rings. The summed E-state index contributed by atoms with van der Waals surface area (Å²) in [6.45, 7) is 9.27. The van der Waals surface area contributed by atoms with Gasteiger partial charge in [-0.3, -0.25) is 9.89 Å². The van der Waals surface area contributed by atoms with Gasteiger partial charge in [-0.15, -0.1) is 11.3 Å². The summed E-state index contributed by atoms with van der Waals surface area (Å²) in [5, 5.41) is 5.76. The molecule has 0 aliphatic carbocycles. The first-order valence-corrected chi connectivity index (χ1v) is 13.0. The summed E-state index contributed by atoms with van der Waals surface area (Å²) in [5.41, 5.74) is 1.39. The van der Waals surface area contributed by atoms with Crippen molar-refractivity contribution in [1.29, 1.82) is 0 Å². The van der Waals surface area contributed by atoms with E-state index in [9.17, 15) is 14.0 Å². The molecule has 0 fully saturated rings. The molecule has 0 bridgehead atoms. The summed E-state index contributed by atoms with van der Waals surface area (Å²) >= 11 is 4.82. The number of hydrogen-bond donors (Lipinski definition) is 1. The van der Waals surface area contributed by atoms with Gasteiger partial charge < -0.3 is 14.8 Å². The lowest BCUT2D eigenvalue weighted by Gasteiger charge is -2.30. The van der Waals surface area contributed by atoms with Crippen LogP contribution in [0.15, 0.2) is 50.5 Å². The van der Waals surface area contributed by atoms with Crippen molar-refractivity contribution in [3.05, 3.63) is 61.9 Å². The van der Waals surface area contributed by atoms with Gasteiger partial charge in [-0.25, -0.2) is 19.0 Å². The maximum atomic E-state index is 13.9. The van der Waals surface area contributed by atoms with E-state index in [2.05, 4.69) is 31.1 Å².